The fraction of sp³-hybridized carbons (Fsp3) is 0.381. The molecule has 4 heterocycles. The quantitative estimate of drug-likeness (QED) is 0.545. The van der Waals surface area contributed by atoms with Crippen molar-refractivity contribution in [2.45, 2.75) is 39.0 Å². The Kier molecular flexibility index (Phi) is 6.45. The number of nitrogens with one attached hydrogen (secondary N) is 1. The summed E-state index contributed by atoms with van der Waals surface area (Å²) in [6.45, 7) is 4.82. The number of hydrogen-bond donors (Lipinski definition) is 1. The molecule has 8 nitrogen and oxygen atoms in total. The van der Waals surface area contributed by atoms with Crippen LogP contribution in [0.1, 0.15) is 42.6 Å². The van der Waals surface area contributed by atoms with Gasteiger partial charge in [-0.1, -0.05) is 0 Å². The van der Waals surface area contributed by atoms with Crippen LogP contribution >= 0.6 is 11.5 Å². The van der Waals surface area contributed by atoms with Crippen LogP contribution in [0.5, 0.6) is 5.75 Å². The number of hydrogen-bond acceptors (Lipinski definition) is 8. The number of aromatic nitrogens is 4. The number of likely N-dealkylation sites (tertiary alicyclic amines) is 1. The molecule has 0 aliphatic carbocycles. The van der Waals surface area contributed by atoms with Gasteiger partial charge in [0.1, 0.15) is 17.3 Å². The third kappa shape index (κ3) is 5.38. The third-order valence-corrected chi connectivity index (χ3v) is 5.46. The number of ether oxygens (including phenoxy) is 1. The highest BCUT2D eigenvalue weighted by atomic mass is 32.1. The van der Waals surface area contributed by atoms with E-state index in [0.29, 0.717) is 36.6 Å². The van der Waals surface area contributed by atoms with Gasteiger partial charge in [-0.25, -0.2) is 9.97 Å². The number of carbonyl (C=O) groups is 1. The maximum Gasteiger partial charge on any atom is 0.417 e. The van der Waals surface area contributed by atoms with Crippen molar-refractivity contribution >= 4 is 28.4 Å². The smallest absolute Gasteiger partial charge is 0.417 e. The number of amides is 1. The van der Waals surface area contributed by atoms with Gasteiger partial charge < -0.3 is 15.0 Å². The Bertz CT molecular complexity index is 1130. The minimum absolute atomic E-state index is 0.00348. The predicted octanol–water partition coefficient (Wildman–Crippen LogP) is 4.78. The second-order valence-electron chi connectivity index (χ2n) is 7.71. The van der Waals surface area contributed by atoms with E-state index in [2.05, 4.69) is 24.6 Å². The van der Waals surface area contributed by atoms with Gasteiger partial charge in [-0.2, -0.15) is 22.5 Å². The number of alkyl halides is 3. The molecule has 0 bridgehead atoms. The number of anilines is 2. The Morgan fingerprint density at radius 1 is 1.18 bits per heavy atom. The van der Waals surface area contributed by atoms with Gasteiger partial charge in [-0.3, -0.25) is 4.79 Å². The molecule has 1 saturated heterocycles. The Morgan fingerprint density at radius 3 is 2.58 bits per heavy atom. The van der Waals surface area contributed by atoms with Crippen molar-refractivity contribution in [1.82, 2.24) is 24.2 Å². The first-order chi connectivity index (χ1) is 15.7. The van der Waals surface area contributed by atoms with Gasteiger partial charge in [0.05, 0.1) is 23.4 Å². The maximum absolute atomic E-state index is 13.2. The lowest BCUT2D eigenvalue weighted by atomic mass is 10.1. The zero-order valence-electron chi connectivity index (χ0n) is 17.9. The molecule has 12 heteroatoms. The zero-order valence-corrected chi connectivity index (χ0v) is 18.7. The van der Waals surface area contributed by atoms with E-state index < -0.39 is 17.6 Å². The van der Waals surface area contributed by atoms with Crippen molar-refractivity contribution in [3.8, 4) is 17.3 Å². The first-order valence-electron chi connectivity index (χ1n) is 10.3. The highest BCUT2D eigenvalue weighted by Crippen LogP contribution is 2.33. The van der Waals surface area contributed by atoms with E-state index in [4.69, 9.17) is 4.74 Å². The van der Waals surface area contributed by atoms with Crippen LogP contribution in [0.2, 0.25) is 0 Å². The molecule has 0 radical (unpaired) electrons. The third-order valence-electron chi connectivity index (χ3n) is 4.83. The van der Waals surface area contributed by atoms with Gasteiger partial charge in [0, 0.05) is 30.8 Å². The van der Waals surface area contributed by atoms with E-state index in [1.165, 1.54) is 4.90 Å². The first-order valence-corrected chi connectivity index (χ1v) is 11.1. The molecule has 0 spiro atoms. The Morgan fingerprint density at radius 2 is 1.94 bits per heavy atom. The van der Waals surface area contributed by atoms with Crippen LogP contribution in [0, 0.1) is 0 Å². The highest BCUT2D eigenvalue weighted by Gasteiger charge is 2.33. The summed E-state index contributed by atoms with van der Waals surface area (Å²) in [5.41, 5.74) is -0.637. The van der Waals surface area contributed by atoms with Crippen LogP contribution in [-0.4, -0.2) is 49.3 Å². The van der Waals surface area contributed by atoms with Crippen LogP contribution in [0.3, 0.4) is 0 Å². The minimum Gasteiger partial charge on any atom is -0.489 e. The lowest BCUT2D eigenvalue weighted by molar-refractivity contribution is -0.137. The van der Waals surface area contributed by atoms with Gasteiger partial charge >= 0.3 is 6.18 Å². The standard InChI is InChI=1S/C21H21F3N6O2S/c1-12(2)32-14-5-6-16(25-11-14)18-28-20(33-29-18)27-17-15(19(31)30-7-3-4-8-30)9-13(10-26-17)21(22,23)24/h5-6,9-12H,3-4,7-8H2,1-2H3,(H,26,27,28,29). The number of rotatable bonds is 6. The molecule has 4 rings (SSSR count). The molecule has 1 fully saturated rings. The fourth-order valence-corrected chi connectivity index (χ4v) is 3.88. The van der Waals surface area contributed by atoms with Crippen LogP contribution < -0.4 is 10.1 Å². The summed E-state index contributed by atoms with van der Waals surface area (Å²) in [5, 5.41) is 3.12. The molecule has 0 saturated carbocycles. The molecular weight excluding hydrogens is 457 g/mol. The second kappa shape index (κ2) is 9.30. The van der Waals surface area contributed by atoms with E-state index in [1.54, 1.807) is 18.3 Å². The van der Waals surface area contributed by atoms with E-state index in [1.807, 2.05) is 13.8 Å². The maximum atomic E-state index is 13.2. The molecule has 1 N–H and O–H groups in total. The van der Waals surface area contributed by atoms with Crippen LogP contribution in [0.4, 0.5) is 24.1 Å². The molecular formula is C21H21F3N6O2S. The minimum atomic E-state index is -4.61. The number of halogens is 3. The van der Waals surface area contributed by atoms with Gasteiger partial charge in [-0.05, 0) is 44.9 Å². The van der Waals surface area contributed by atoms with E-state index in [-0.39, 0.29) is 22.6 Å². The molecule has 174 valence electrons. The Balaban J connectivity index is 1.58. The van der Waals surface area contributed by atoms with Crippen molar-refractivity contribution in [3.05, 3.63) is 41.7 Å². The fourth-order valence-electron chi connectivity index (χ4n) is 3.31. The van der Waals surface area contributed by atoms with Crippen molar-refractivity contribution in [2.75, 3.05) is 18.4 Å². The number of nitrogens with zero attached hydrogens (tertiary/aromatic N) is 5. The van der Waals surface area contributed by atoms with Gasteiger partial charge in [0.15, 0.2) is 5.82 Å². The first kappa shape index (κ1) is 22.9. The van der Waals surface area contributed by atoms with Crippen molar-refractivity contribution in [1.29, 1.82) is 0 Å². The molecule has 1 amide bonds. The molecule has 0 unspecified atom stereocenters. The van der Waals surface area contributed by atoms with Crippen LogP contribution in [0.25, 0.3) is 11.5 Å². The average molecular weight is 479 g/mol. The molecule has 3 aromatic heterocycles. The van der Waals surface area contributed by atoms with Crippen LogP contribution in [-0.2, 0) is 6.18 Å². The zero-order chi connectivity index (χ0) is 23.6. The number of carbonyl (C=O) groups excluding carboxylic acids is 1. The lowest BCUT2D eigenvalue weighted by Gasteiger charge is -2.18. The van der Waals surface area contributed by atoms with Crippen LogP contribution in [0.15, 0.2) is 30.6 Å². The Hall–Kier alpha value is -3.28. The van der Waals surface area contributed by atoms with Crippen molar-refractivity contribution in [2.24, 2.45) is 0 Å². The summed E-state index contributed by atoms with van der Waals surface area (Å²) in [7, 11) is 0. The second-order valence-corrected chi connectivity index (χ2v) is 8.46. The SMILES string of the molecule is CC(C)Oc1ccc(-c2nsc(Nc3ncc(C(F)(F)F)cc3C(=O)N3CCCC3)n2)nc1. The van der Waals surface area contributed by atoms with Gasteiger partial charge in [-0.15, -0.1) is 0 Å². The normalized spacial score (nSPS) is 14.1. The molecule has 0 aromatic carbocycles. The molecule has 33 heavy (non-hydrogen) atoms. The van der Waals surface area contributed by atoms with Gasteiger partial charge in [0.25, 0.3) is 5.91 Å². The molecule has 1 aliphatic rings. The molecule has 3 aromatic rings. The average Bonchev–Trinajstić information content (AvgIpc) is 3.45. The Labute approximate surface area is 192 Å². The predicted molar refractivity (Wildman–Crippen MR) is 117 cm³/mol. The van der Waals surface area contributed by atoms with E-state index in [9.17, 15) is 18.0 Å². The lowest BCUT2D eigenvalue weighted by Crippen LogP contribution is -2.29. The summed E-state index contributed by atoms with van der Waals surface area (Å²) >= 11 is 0.986. The van der Waals surface area contributed by atoms with Crippen molar-refractivity contribution in [3.63, 3.8) is 0 Å². The molecule has 1 aliphatic heterocycles. The van der Waals surface area contributed by atoms with Crippen molar-refractivity contribution < 1.29 is 22.7 Å². The summed E-state index contributed by atoms with van der Waals surface area (Å²) in [4.78, 5) is 26.9. The summed E-state index contributed by atoms with van der Waals surface area (Å²) < 4.78 is 49.5. The summed E-state index contributed by atoms with van der Waals surface area (Å²) in [5.74, 6) is 0.441. The number of pyridine rings is 2. The summed E-state index contributed by atoms with van der Waals surface area (Å²) in [6, 6.07) is 4.29. The largest absolute Gasteiger partial charge is 0.489 e. The molecule has 0 atom stereocenters. The topological polar surface area (TPSA) is 93.1 Å². The van der Waals surface area contributed by atoms with E-state index >= 15 is 0 Å². The van der Waals surface area contributed by atoms with E-state index in [0.717, 1.165) is 30.4 Å². The highest BCUT2D eigenvalue weighted by molar-refractivity contribution is 7.09. The summed E-state index contributed by atoms with van der Waals surface area (Å²) in [6.07, 6.45) is -0.713. The monoisotopic (exact) mass is 478 g/mol. The van der Waals surface area contributed by atoms with Gasteiger partial charge in [0.2, 0.25) is 5.13 Å².